The van der Waals surface area contributed by atoms with Crippen LogP contribution in [0.15, 0.2) is 47.4 Å². The van der Waals surface area contributed by atoms with E-state index in [9.17, 15) is 0 Å². The number of carboxylic acid groups (broad SMARTS) is 1. The first kappa shape index (κ1) is 25.9. The first-order chi connectivity index (χ1) is 14.4. The molecule has 0 aliphatic carbocycles. The largest absolute Gasteiger partial charge is 0.481 e. The van der Waals surface area contributed by atoms with Crippen molar-refractivity contribution in [2.45, 2.75) is 65.2 Å². The van der Waals surface area contributed by atoms with Crippen LogP contribution in [0, 0.1) is 6.92 Å². The normalized spacial score (nSPS) is 10.2. The predicted molar refractivity (Wildman–Crippen MR) is 129 cm³/mol. The van der Waals surface area contributed by atoms with E-state index in [1.165, 1.54) is 41.8 Å². The first-order valence-corrected chi connectivity index (χ1v) is 11.9. The smallest absolute Gasteiger partial charge is 0.300 e. The molecule has 0 saturated carbocycles. The van der Waals surface area contributed by atoms with E-state index in [2.05, 4.69) is 69.0 Å². The van der Waals surface area contributed by atoms with Gasteiger partial charge in [-0.2, -0.15) is 0 Å². The molecular weight excluding hydrogens is 394 g/mol. The van der Waals surface area contributed by atoms with Crippen molar-refractivity contribution < 1.29 is 14.6 Å². The number of benzene rings is 2. The van der Waals surface area contributed by atoms with Crippen molar-refractivity contribution in [3.63, 3.8) is 0 Å². The van der Waals surface area contributed by atoms with Crippen LogP contribution in [-0.4, -0.2) is 29.9 Å². The minimum atomic E-state index is -0.833. The van der Waals surface area contributed by atoms with Gasteiger partial charge in [0.05, 0.1) is 10.6 Å². The lowest BCUT2D eigenvalue weighted by Gasteiger charge is -2.28. The summed E-state index contributed by atoms with van der Waals surface area (Å²) in [4.78, 5) is 12.7. The molecule has 0 atom stereocenters. The lowest BCUT2D eigenvalue weighted by atomic mass is 10.2. The summed E-state index contributed by atoms with van der Waals surface area (Å²) in [5.74, 6) is 2.17. The highest BCUT2D eigenvalue weighted by molar-refractivity contribution is 7.99. The Morgan fingerprint density at radius 1 is 1.00 bits per heavy atom. The Labute approximate surface area is 186 Å². The molecule has 1 N–H and O–H groups in total. The van der Waals surface area contributed by atoms with Gasteiger partial charge in [0.25, 0.3) is 5.97 Å². The third-order valence-electron chi connectivity index (χ3n) is 4.47. The molecule has 30 heavy (non-hydrogen) atoms. The second-order valence-corrected chi connectivity index (χ2v) is 8.42. The van der Waals surface area contributed by atoms with E-state index in [4.69, 9.17) is 14.6 Å². The van der Waals surface area contributed by atoms with Gasteiger partial charge in [0.15, 0.2) is 5.75 Å². The van der Waals surface area contributed by atoms with Crippen molar-refractivity contribution in [2.24, 2.45) is 0 Å². The van der Waals surface area contributed by atoms with E-state index in [0.717, 1.165) is 37.3 Å². The van der Waals surface area contributed by atoms with Crippen LogP contribution in [0.5, 0.6) is 11.5 Å². The van der Waals surface area contributed by atoms with Crippen LogP contribution in [0.2, 0.25) is 0 Å². The van der Waals surface area contributed by atoms with Crippen molar-refractivity contribution >= 4 is 23.4 Å². The minimum Gasteiger partial charge on any atom is -0.481 e. The van der Waals surface area contributed by atoms with E-state index in [1.54, 1.807) is 0 Å². The number of anilines is 1. The summed E-state index contributed by atoms with van der Waals surface area (Å²) in [5, 5.41) is 7.42. The van der Waals surface area contributed by atoms with Crippen molar-refractivity contribution in [3.8, 4) is 11.5 Å². The number of ether oxygens (including phenoxy) is 1. The Bertz CT molecular complexity index is 752. The van der Waals surface area contributed by atoms with Crippen molar-refractivity contribution in [2.75, 3.05) is 23.7 Å². The number of carboxylic acids is 1. The molecule has 5 heteroatoms. The summed E-state index contributed by atoms with van der Waals surface area (Å²) in [6, 6.07) is 14.9. The number of unbranched alkanes of at least 4 members (excludes halogenated alkanes) is 2. The van der Waals surface area contributed by atoms with Crippen molar-refractivity contribution in [1.29, 1.82) is 0 Å². The molecule has 0 unspecified atom stereocenters. The van der Waals surface area contributed by atoms with Gasteiger partial charge in [-0.1, -0.05) is 57.9 Å². The molecule has 166 valence electrons. The molecular formula is C25H37NO3S. The SMILES string of the molecule is CC(=O)O.CCCCN(CCCC)c1cccc(SCC)c1Oc1ccccc1C. The predicted octanol–water partition coefficient (Wildman–Crippen LogP) is 7.40. The number of aryl methyl sites for hydroxylation is 1. The summed E-state index contributed by atoms with van der Waals surface area (Å²) in [6.45, 7) is 12.1. The quantitative estimate of drug-likeness (QED) is 0.376. The van der Waals surface area contributed by atoms with Crippen LogP contribution in [0.1, 0.15) is 58.9 Å². The average Bonchev–Trinajstić information content (AvgIpc) is 2.71. The molecule has 2 aromatic rings. The maximum absolute atomic E-state index is 9.00. The Kier molecular flexibility index (Phi) is 12.8. The molecule has 0 aliphatic rings. The molecule has 0 radical (unpaired) electrons. The second-order valence-electron chi connectivity index (χ2n) is 7.12. The molecule has 0 aromatic heterocycles. The van der Waals surface area contributed by atoms with Gasteiger partial charge >= 0.3 is 0 Å². The molecule has 2 rings (SSSR count). The summed E-state index contributed by atoms with van der Waals surface area (Å²) < 4.78 is 6.50. The molecule has 0 spiro atoms. The number of rotatable bonds is 11. The van der Waals surface area contributed by atoms with Gasteiger partial charge < -0.3 is 14.7 Å². The zero-order valence-corrected chi connectivity index (χ0v) is 19.9. The fraction of sp³-hybridized carbons (Fsp3) is 0.480. The fourth-order valence-corrected chi connectivity index (χ4v) is 3.72. The van der Waals surface area contributed by atoms with Gasteiger partial charge in [0.1, 0.15) is 5.75 Å². The number of thioether (sulfide) groups is 1. The van der Waals surface area contributed by atoms with Gasteiger partial charge in [0, 0.05) is 20.0 Å². The number of hydrogen-bond donors (Lipinski definition) is 1. The lowest BCUT2D eigenvalue weighted by Crippen LogP contribution is -2.26. The summed E-state index contributed by atoms with van der Waals surface area (Å²) >= 11 is 1.85. The zero-order chi connectivity index (χ0) is 22.4. The maximum Gasteiger partial charge on any atom is 0.300 e. The number of hydrogen-bond acceptors (Lipinski definition) is 4. The van der Waals surface area contributed by atoms with E-state index >= 15 is 0 Å². The van der Waals surface area contributed by atoms with Gasteiger partial charge in [0.2, 0.25) is 0 Å². The maximum atomic E-state index is 9.00. The first-order valence-electron chi connectivity index (χ1n) is 10.9. The molecule has 4 nitrogen and oxygen atoms in total. The highest BCUT2D eigenvalue weighted by Gasteiger charge is 2.17. The van der Waals surface area contributed by atoms with Crippen LogP contribution in [-0.2, 0) is 4.79 Å². The van der Waals surface area contributed by atoms with Crippen molar-refractivity contribution in [3.05, 3.63) is 48.0 Å². The fourth-order valence-electron chi connectivity index (χ4n) is 2.96. The lowest BCUT2D eigenvalue weighted by molar-refractivity contribution is -0.134. The molecule has 0 aliphatic heterocycles. The number of carbonyl (C=O) groups is 1. The van der Waals surface area contributed by atoms with E-state index in [-0.39, 0.29) is 0 Å². The van der Waals surface area contributed by atoms with E-state index in [0.29, 0.717) is 0 Å². The summed E-state index contributed by atoms with van der Waals surface area (Å²) in [5.41, 5.74) is 2.40. The molecule has 2 aromatic carbocycles. The highest BCUT2D eigenvalue weighted by Crippen LogP contribution is 2.41. The third-order valence-corrected chi connectivity index (χ3v) is 5.39. The van der Waals surface area contributed by atoms with Gasteiger partial charge in [-0.05, 0) is 49.3 Å². The van der Waals surface area contributed by atoms with Crippen LogP contribution >= 0.6 is 11.8 Å². The van der Waals surface area contributed by atoms with Crippen molar-refractivity contribution in [1.82, 2.24) is 0 Å². The van der Waals surface area contributed by atoms with Crippen LogP contribution in [0.25, 0.3) is 0 Å². The Hall–Kier alpha value is -2.14. The van der Waals surface area contributed by atoms with Gasteiger partial charge in [-0.25, -0.2) is 0 Å². The molecule has 0 saturated heterocycles. The average molecular weight is 432 g/mol. The topological polar surface area (TPSA) is 49.8 Å². The summed E-state index contributed by atoms with van der Waals surface area (Å²) in [7, 11) is 0. The number of nitrogens with zero attached hydrogens (tertiary/aromatic N) is 1. The number of aliphatic carboxylic acids is 1. The highest BCUT2D eigenvalue weighted by atomic mass is 32.2. The van der Waals surface area contributed by atoms with Crippen LogP contribution < -0.4 is 9.64 Å². The van der Waals surface area contributed by atoms with Crippen LogP contribution in [0.3, 0.4) is 0 Å². The van der Waals surface area contributed by atoms with E-state index in [1.807, 2.05) is 17.8 Å². The van der Waals surface area contributed by atoms with Gasteiger partial charge in [-0.3, -0.25) is 4.79 Å². The Morgan fingerprint density at radius 2 is 1.60 bits per heavy atom. The molecule has 0 amide bonds. The molecule has 0 fully saturated rings. The Balaban J connectivity index is 0.00000103. The monoisotopic (exact) mass is 431 g/mol. The number of para-hydroxylation sites is 2. The zero-order valence-electron chi connectivity index (χ0n) is 19.1. The molecule has 0 bridgehead atoms. The minimum absolute atomic E-state index is 0.833. The Morgan fingerprint density at radius 3 is 2.13 bits per heavy atom. The van der Waals surface area contributed by atoms with Crippen LogP contribution in [0.4, 0.5) is 5.69 Å². The standard InChI is InChI=1S/C23H33NOS.C2H4O2/c1-5-8-17-24(18-9-6-2)20-14-12-16-22(26-7-3)23(20)25-21-15-11-10-13-19(21)4;1-2(3)4/h10-16H,5-9,17-18H2,1-4H3;1H3,(H,3,4). The molecule has 0 heterocycles. The van der Waals surface area contributed by atoms with Gasteiger partial charge in [-0.15, -0.1) is 11.8 Å². The summed E-state index contributed by atoms with van der Waals surface area (Å²) in [6.07, 6.45) is 4.83. The third kappa shape index (κ3) is 9.12. The second kappa shape index (κ2) is 14.8. The van der Waals surface area contributed by atoms with E-state index < -0.39 is 5.97 Å².